The molecule has 0 aliphatic heterocycles. The summed E-state index contributed by atoms with van der Waals surface area (Å²) in [6, 6.07) is 0. The van der Waals surface area contributed by atoms with E-state index in [0.717, 1.165) is 6.29 Å². The number of rotatable bonds is 4. The summed E-state index contributed by atoms with van der Waals surface area (Å²) >= 11 is 0. The van der Waals surface area contributed by atoms with Crippen LogP contribution in [0.4, 0.5) is 0 Å². The largest absolute Gasteiger partial charge is 0.414 e. The van der Waals surface area contributed by atoms with Gasteiger partial charge in [-0.1, -0.05) is 20.8 Å². The molecule has 78 valence electrons. The van der Waals surface area contributed by atoms with Gasteiger partial charge in [0, 0.05) is 12.5 Å². The van der Waals surface area contributed by atoms with Gasteiger partial charge in [0.25, 0.3) is 0 Å². The van der Waals surface area contributed by atoms with Crippen LogP contribution in [-0.4, -0.2) is 20.7 Å². The predicted molar refractivity (Wildman–Crippen MR) is 58.4 cm³/mol. The molecular weight excluding hydrogens is 180 g/mol. The van der Waals surface area contributed by atoms with Crippen LogP contribution in [0, 0.1) is 0 Å². The topological polar surface area (TPSA) is 26.3 Å². The highest BCUT2D eigenvalue weighted by atomic mass is 28.4. The van der Waals surface area contributed by atoms with Crippen molar-refractivity contribution in [2.45, 2.75) is 58.4 Å². The minimum Gasteiger partial charge on any atom is -0.414 e. The SMILES string of the molecule is CC(CC=O)O[Si](C)(C)C(C)(C)C. The summed E-state index contributed by atoms with van der Waals surface area (Å²) in [5.41, 5.74) is 0. The normalized spacial score (nSPS) is 15.5. The summed E-state index contributed by atoms with van der Waals surface area (Å²) in [6.45, 7) is 13.0. The molecule has 1 atom stereocenters. The first-order valence-electron chi connectivity index (χ1n) is 4.82. The van der Waals surface area contributed by atoms with E-state index in [0.29, 0.717) is 6.42 Å². The van der Waals surface area contributed by atoms with Gasteiger partial charge in [0.15, 0.2) is 8.32 Å². The van der Waals surface area contributed by atoms with Crippen molar-refractivity contribution in [3.05, 3.63) is 0 Å². The first-order valence-corrected chi connectivity index (χ1v) is 7.73. The summed E-state index contributed by atoms with van der Waals surface area (Å²) in [6.07, 6.45) is 1.50. The highest BCUT2D eigenvalue weighted by molar-refractivity contribution is 6.74. The van der Waals surface area contributed by atoms with E-state index in [4.69, 9.17) is 4.43 Å². The Morgan fingerprint density at radius 3 is 2.15 bits per heavy atom. The molecule has 0 rings (SSSR count). The third kappa shape index (κ3) is 4.05. The van der Waals surface area contributed by atoms with Crippen LogP contribution in [0.2, 0.25) is 18.1 Å². The lowest BCUT2D eigenvalue weighted by molar-refractivity contribution is -0.109. The summed E-state index contributed by atoms with van der Waals surface area (Å²) in [4.78, 5) is 10.3. The maximum absolute atomic E-state index is 10.3. The van der Waals surface area contributed by atoms with Gasteiger partial charge < -0.3 is 9.22 Å². The molecule has 0 aliphatic carbocycles. The number of aldehydes is 1. The van der Waals surface area contributed by atoms with Crippen molar-refractivity contribution in [3.8, 4) is 0 Å². The van der Waals surface area contributed by atoms with Gasteiger partial charge in [-0.25, -0.2) is 0 Å². The van der Waals surface area contributed by atoms with Crippen LogP contribution in [0.1, 0.15) is 34.1 Å². The molecule has 0 heterocycles. The van der Waals surface area contributed by atoms with Crippen molar-refractivity contribution in [2.75, 3.05) is 0 Å². The zero-order valence-corrected chi connectivity index (χ0v) is 10.7. The van der Waals surface area contributed by atoms with E-state index in [-0.39, 0.29) is 11.1 Å². The van der Waals surface area contributed by atoms with Crippen molar-refractivity contribution in [3.63, 3.8) is 0 Å². The lowest BCUT2D eigenvalue weighted by atomic mass is 10.2. The number of carbonyl (C=O) groups is 1. The van der Waals surface area contributed by atoms with E-state index in [2.05, 4.69) is 33.9 Å². The van der Waals surface area contributed by atoms with Gasteiger partial charge in [-0.3, -0.25) is 0 Å². The van der Waals surface area contributed by atoms with Gasteiger partial charge in [-0.15, -0.1) is 0 Å². The van der Waals surface area contributed by atoms with Crippen molar-refractivity contribution >= 4 is 14.6 Å². The third-order valence-electron chi connectivity index (χ3n) is 2.73. The Bertz CT molecular complexity index is 170. The minimum atomic E-state index is -1.66. The standard InChI is InChI=1S/C10H22O2Si/c1-9(7-8-11)12-13(5,6)10(2,3)4/h8-9H,7H2,1-6H3. The molecule has 3 heteroatoms. The van der Waals surface area contributed by atoms with Crippen molar-refractivity contribution < 1.29 is 9.22 Å². The smallest absolute Gasteiger partial charge is 0.192 e. The Kier molecular flexibility index (Phi) is 4.32. The van der Waals surface area contributed by atoms with Gasteiger partial charge in [-0.05, 0) is 25.1 Å². The molecule has 0 fully saturated rings. The Hall–Kier alpha value is -0.153. The van der Waals surface area contributed by atoms with Crippen LogP contribution < -0.4 is 0 Å². The van der Waals surface area contributed by atoms with E-state index in [1.54, 1.807) is 0 Å². The average molecular weight is 202 g/mol. The van der Waals surface area contributed by atoms with Gasteiger partial charge >= 0.3 is 0 Å². The molecule has 2 nitrogen and oxygen atoms in total. The van der Waals surface area contributed by atoms with Gasteiger partial charge in [0.2, 0.25) is 0 Å². The van der Waals surface area contributed by atoms with Gasteiger partial charge in [0.05, 0.1) is 0 Å². The molecule has 0 aromatic carbocycles. The maximum atomic E-state index is 10.3. The summed E-state index contributed by atoms with van der Waals surface area (Å²) in [5, 5.41) is 0.226. The summed E-state index contributed by atoms with van der Waals surface area (Å²) in [7, 11) is -1.66. The Morgan fingerprint density at radius 1 is 1.38 bits per heavy atom. The lowest BCUT2D eigenvalue weighted by Crippen LogP contribution is -2.43. The molecule has 0 aromatic heterocycles. The Balaban J connectivity index is 4.24. The minimum absolute atomic E-state index is 0.0680. The van der Waals surface area contributed by atoms with E-state index < -0.39 is 8.32 Å². The highest BCUT2D eigenvalue weighted by Gasteiger charge is 2.38. The van der Waals surface area contributed by atoms with Crippen LogP contribution >= 0.6 is 0 Å². The number of carbonyl (C=O) groups excluding carboxylic acids is 1. The highest BCUT2D eigenvalue weighted by Crippen LogP contribution is 2.37. The Labute approximate surface area is 82.8 Å². The Morgan fingerprint density at radius 2 is 1.85 bits per heavy atom. The summed E-state index contributed by atoms with van der Waals surface area (Å²) in [5.74, 6) is 0. The first kappa shape index (κ1) is 12.8. The van der Waals surface area contributed by atoms with Crippen molar-refractivity contribution in [2.24, 2.45) is 0 Å². The fourth-order valence-electron chi connectivity index (χ4n) is 0.863. The van der Waals surface area contributed by atoms with E-state index >= 15 is 0 Å². The predicted octanol–water partition coefficient (Wildman–Crippen LogP) is 2.99. The zero-order valence-electron chi connectivity index (χ0n) is 9.68. The first-order chi connectivity index (χ1) is 5.70. The second-order valence-electron chi connectivity index (χ2n) is 5.09. The molecular formula is C10H22O2Si. The maximum Gasteiger partial charge on any atom is 0.192 e. The zero-order chi connectivity index (χ0) is 10.7. The number of hydrogen-bond donors (Lipinski definition) is 0. The van der Waals surface area contributed by atoms with E-state index in [9.17, 15) is 4.79 Å². The molecule has 0 bridgehead atoms. The summed E-state index contributed by atoms with van der Waals surface area (Å²) < 4.78 is 5.95. The molecule has 0 aliphatic rings. The second kappa shape index (κ2) is 4.38. The second-order valence-corrected chi connectivity index (χ2v) is 9.85. The molecule has 0 saturated carbocycles. The van der Waals surface area contributed by atoms with E-state index in [1.165, 1.54) is 0 Å². The molecule has 1 unspecified atom stereocenters. The van der Waals surface area contributed by atoms with Crippen LogP contribution in [-0.2, 0) is 9.22 Å². The molecule has 0 radical (unpaired) electrons. The number of hydrogen-bond acceptors (Lipinski definition) is 2. The monoisotopic (exact) mass is 202 g/mol. The van der Waals surface area contributed by atoms with Crippen LogP contribution in [0.3, 0.4) is 0 Å². The lowest BCUT2D eigenvalue weighted by Gasteiger charge is -2.38. The van der Waals surface area contributed by atoms with Crippen molar-refractivity contribution in [1.29, 1.82) is 0 Å². The fourth-order valence-corrected chi connectivity index (χ4v) is 2.32. The van der Waals surface area contributed by atoms with Crippen LogP contribution in [0.5, 0.6) is 0 Å². The van der Waals surface area contributed by atoms with Crippen LogP contribution in [0.15, 0.2) is 0 Å². The van der Waals surface area contributed by atoms with Crippen LogP contribution in [0.25, 0.3) is 0 Å². The van der Waals surface area contributed by atoms with Crippen molar-refractivity contribution in [1.82, 2.24) is 0 Å². The average Bonchev–Trinajstić information content (AvgIpc) is 1.83. The van der Waals surface area contributed by atoms with Gasteiger partial charge in [0.1, 0.15) is 6.29 Å². The quantitative estimate of drug-likeness (QED) is 0.517. The molecule has 0 amide bonds. The fraction of sp³-hybridized carbons (Fsp3) is 0.900. The molecule has 0 N–H and O–H groups in total. The molecule has 13 heavy (non-hydrogen) atoms. The van der Waals surface area contributed by atoms with E-state index in [1.807, 2.05) is 6.92 Å². The van der Waals surface area contributed by atoms with Gasteiger partial charge in [-0.2, -0.15) is 0 Å². The molecule has 0 aromatic rings. The third-order valence-corrected chi connectivity index (χ3v) is 7.33. The molecule has 0 spiro atoms. The molecule has 0 saturated heterocycles.